The predicted molar refractivity (Wildman–Crippen MR) is 88.5 cm³/mol. The normalized spacial score (nSPS) is 12.6. The van der Waals surface area contributed by atoms with Crippen molar-refractivity contribution >= 4 is 23.4 Å². The Morgan fingerprint density at radius 2 is 1.76 bits per heavy atom. The minimum absolute atomic E-state index is 0.191. The van der Waals surface area contributed by atoms with Crippen molar-refractivity contribution in [2.75, 3.05) is 5.32 Å². The van der Waals surface area contributed by atoms with E-state index >= 15 is 0 Å². The highest BCUT2D eigenvalue weighted by atomic mass is 16.5. The molecule has 9 nitrogen and oxygen atoms in total. The summed E-state index contributed by atoms with van der Waals surface area (Å²) in [5.74, 6) is -2.36. The maximum atomic E-state index is 12.5. The van der Waals surface area contributed by atoms with Crippen molar-refractivity contribution < 1.29 is 19.6 Å². The highest BCUT2D eigenvalue weighted by Crippen LogP contribution is 2.07. The van der Waals surface area contributed by atoms with Crippen LogP contribution >= 0.6 is 0 Å². The first-order chi connectivity index (χ1) is 12.0. The number of para-hydroxylation sites is 1. The van der Waals surface area contributed by atoms with Crippen molar-refractivity contribution in [2.45, 2.75) is 12.1 Å². The van der Waals surface area contributed by atoms with E-state index in [4.69, 9.17) is 10.9 Å². The maximum Gasteiger partial charge on any atom is 0.262 e. The molecule has 0 aliphatic heterocycles. The van der Waals surface area contributed by atoms with Crippen LogP contribution in [0.15, 0.2) is 54.9 Å². The van der Waals surface area contributed by atoms with Gasteiger partial charge in [0.2, 0.25) is 5.91 Å². The van der Waals surface area contributed by atoms with Crippen LogP contribution in [0.4, 0.5) is 5.69 Å². The summed E-state index contributed by atoms with van der Waals surface area (Å²) in [6, 6.07) is 8.57. The first-order valence-electron chi connectivity index (χ1n) is 7.29. The van der Waals surface area contributed by atoms with Crippen molar-refractivity contribution in [2.24, 2.45) is 5.73 Å². The van der Waals surface area contributed by atoms with Crippen molar-refractivity contribution in [3.05, 3.63) is 60.4 Å². The third-order valence-electron chi connectivity index (χ3n) is 3.31. The zero-order chi connectivity index (χ0) is 18.2. The fourth-order valence-corrected chi connectivity index (χ4v) is 2.01. The fraction of sp³-hybridized carbons (Fsp3) is 0.125. The van der Waals surface area contributed by atoms with Gasteiger partial charge < -0.3 is 16.4 Å². The number of anilines is 1. The van der Waals surface area contributed by atoms with Gasteiger partial charge in [0, 0.05) is 18.1 Å². The lowest BCUT2D eigenvalue weighted by Gasteiger charge is -2.22. The lowest BCUT2D eigenvalue weighted by Crippen LogP contribution is -2.59. The van der Waals surface area contributed by atoms with Gasteiger partial charge in [-0.15, -0.1) is 0 Å². The van der Waals surface area contributed by atoms with E-state index in [0.717, 1.165) is 0 Å². The van der Waals surface area contributed by atoms with Crippen LogP contribution in [0.3, 0.4) is 0 Å². The molecule has 6 N–H and O–H groups in total. The van der Waals surface area contributed by atoms with Crippen LogP contribution in [-0.4, -0.2) is 40.0 Å². The quantitative estimate of drug-likeness (QED) is 0.358. The zero-order valence-corrected chi connectivity index (χ0v) is 13.0. The molecule has 0 radical (unpaired) electrons. The molecule has 2 rings (SSSR count). The van der Waals surface area contributed by atoms with Gasteiger partial charge in [-0.1, -0.05) is 18.2 Å². The van der Waals surface area contributed by atoms with Gasteiger partial charge in [-0.3, -0.25) is 24.6 Å². The van der Waals surface area contributed by atoms with E-state index in [-0.39, 0.29) is 5.56 Å². The summed E-state index contributed by atoms with van der Waals surface area (Å²) in [6.07, 6.45) is 2.79. The molecule has 1 aromatic heterocycles. The second-order valence-corrected chi connectivity index (χ2v) is 5.05. The van der Waals surface area contributed by atoms with Gasteiger partial charge in [0.15, 0.2) is 0 Å². The largest absolute Gasteiger partial charge is 0.338 e. The lowest BCUT2D eigenvalue weighted by atomic mass is 10.1. The SMILES string of the molecule is NC(C(=O)NO)[C@H](NC(=O)c1cccnc1)C(=O)Nc1ccccc1. The van der Waals surface area contributed by atoms with Gasteiger partial charge in [0.25, 0.3) is 11.8 Å². The molecule has 0 fully saturated rings. The van der Waals surface area contributed by atoms with E-state index in [1.165, 1.54) is 23.9 Å². The van der Waals surface area contributed by atoms with Crippen LogP contribution in [-0.2, 0) is 9.59 Å². The molecule has 2 aromatic rings. The van der Waals surface area contributed by atoms with Gasteiger partial charge in [0.05, 0.1) is 5.56 Å². The molecule has 0 saturated carbocycles. The number of nitrogens with two attached hydrogens (primary N) is 1. The minimum Gasteiger partial charge on any atom is -0.338 e. The molecule has 1 aromatic carbocycles. The number of carbonyl (C=O) groups is 3. The standard InChI is InChI=1S/C16H17N5O4/c17-12(15(23)21-25)13(16(24)19-11-6-2-1-3-7-11)20-14(22)10-5-4-8-18-9-10/h1-9,12-13,25H,17H2,(H,19,24)(H,20,22)(H,21,23)/t12?,13-/m0/s1. The van der Waals surface area contributed by atoms with Gasteiger partial charge in [-0.2, -0.15) is 0 Å². The number of benzene rings is 1. The average Bonchev–Trinajstić information content (AvgIpc) is 2.66. The molecule has 1 heterocycles. The van der Waals surface area contributed by atoms with E-state index in [1.807, 2.05) is 0 Å². The number of pyridine rings is 1. The Labute approximate surface area is 143 Å². The van der Waals surface area contributed by atoms with E-state index < -0.39 is 29.8 Å². The number of hydrogen-bond acceptors (Lipinski definition) is 6. The summed E-state index contributed by atoms with van der Waals surface area (Å²) in [6.45, 7) is 0. The Kier molecular flexibility index (Phi) is 6.15. The van der Waals surface area contributed by atoms with Crippen LogP contribution in [0, 0.1) is 0 Å². The Bertz CT molecular complexity index is 739. The summed E-state index contributed by atoms with van der Waals surface area (Å²) in [4.78, 5) is 40.1. The van der Waals surface area contributed by atoms with Crippen molar-refractivity contribution in [3.8, 4) is 0 Å². The molecular weight excluding hydrogens is 326 g/mol. The minimum atomic E-state index is -1.51. The summed E-state index contributed by atoms with van der Waals surface area (Å²) in [7, 11) is 0. The van der Waals surface area contributed by atoms with Crippen LogP contribution in [0.2, 0.25) is 0 Å². The van der Waals surface area contributed by atoms with Gasteiger partial charge >= 0.3 is 0 Å². The zero-order valence-electron chi connectivity index (χ0n) is 13.0. The molecule has 2 atom stereocenters. The molecule has 25 heavy (non-hydrogen) atoms. The van der Waals surface area contributed by atoms with Gasteiger partial charge in [-0.05, 0) is 24.3 Å². The number of amides is 3. The van der Waals surface area contributed by atoms with Crippen LogP contribution < -0.4 is 21.8 Å². The molecular formula is C16H17N5O4. The van der Waals surface area contributed by atoms with Crippen LogP contribution in [0.25, 0.3) is 0 Å². The highest BCUT2D eigenvalue weighted by Gasteiger charge is 2.32. The number of nitrogens with zero attached hydrogens (tertiary/aromatic N) is 1. The Morgan fingerprint density at radius 3 is 2.36 bits per heavy atom. The highest BCUT2D eigenvalue weighted by molar-refractivity contribution is 6.04. The summed E-state index contributed by atoms with van der Waals surface area (Å²) >= 11 is 0. The number of rotatable bonds is 6. The van der Waals surface area contributed by atoms with Crippen molar-refractivity contribution in [1.82, 2.24) is 15.8 Å². The smallest absolute Gasteiger partial charge is 0.262 e. The van der Waals surface area contributed by atoms with E-state index in [0.29, 0.717) is 5.69 Å². The van der Waals surface area contributed by atoms with Crippen molar-refractivity contribution in [3.63, 3.8) is 0 Å². The molecule has 0 saturated heterocycles. The summed E-state index contributed by atoms with van der Waals surface area (Å²) in [5.41, 5.74) is 7.71. The van der Waals surface area contributed by atoms with E-state index in [9.17, 15) is 14.4 Å². The van der Waals surface area contributed by atoms with Crippen LogP contribution in [0.5, 0.6) is 0 Å². The van der Waals surface area contributed by atoms with Gasteiger partial charge in [-0.25, -0.2) is 5.48 Å². The lowest BCUT2D eigenvalue weighted by molar-refractivity contribution is -0.133. The third kappa shape index (κ3) is 4.83. The topological polar surface area (TPSA) is 146 Å². The number of nitrogens with one attached hydrogen (secondary N) is 3. The Hall–Kier alpha value is -3.30. The number of hydrogen-bond donors (Lipinski definition) is 5. The molecule has 0 bridgehead atoms. The van der Waals surface area contributed by atoms with Crippen molar-refractivity contribution in [1.29, 1.82) is 0 Å². The molecule has 0 aliphatic carbocycles. The molecule has 1 unspecified atom stereocenters. The van der Waals surface area contributed by atoms with E-state index in [1.54, 1.807) is 36.4 Å². The average molecular weight is 343 g/mol. The molecule has 0 spiro atoms. The molecule has 130 valence electrons. The first-order valence-corrected chi connectivity index (χ1v) is 7.29. The fourth-order valence-electron chi connectivity index (χ4n) is 2.01. The second kappa shape index (κ2) is 8.52. The summed E-state index contributed by atoms with van der Waals surface area (Å²) < 4.78 is 0. The Morgan fingerprint density at radius 1 is 1.04 bits per heavy atom. The number of hydroxylamine groups is 1. The van der Waals surface area contributed by atoms with E-state index in [2.05, 4.69) is 15.6 Å². The second-order valence-electron chi connectivity index (χ2n) is 5.05. The van der Waals surface area contributed by atoms with Crippen LogP contribution in [0.1, 0.15) is 10.4 Å². The Balaban J connectivity index is 2.19. The number of aromatic nitrogens is 1. The third-order valence-corrected chi connectivity index (χ3v) is 3.31. The maximum absolute atomic E-state index is 12.5. The molecule has 9 heteroatoms. The summed E-state index contributed by atoms with van der Waals surface area (Å²) in [5, 5.41) is 13.7. The predicted octanol–water partition coefficient (Wildman–Crippen LogP) is -0.349. The van der Waals surface area contributed by atoms with Gasteiger partial charge in [0.1, 0.15) is 12.1 Å². The first kappa shape index (κ1) is 18.0. The molecule has 0 aliphatic rings. The molecule has 3 amide bonds. The number of carbonyl (C=O) groups excluding carboxylic acids is 3. The monoisotopic (exact) mass is 343 g/mol.